The monoisotopic (exact) mass is 407 g/mol. The van der Waals surface area contributed by atoms with Crippen LogP contribution in [0.1, 0.15) is 53.8 Å². The molecule has 2 aliphatic heterocycles. The van der Waals surface area contributed by atoms with Crippen molar-refractivity contribution in [1.82, 2.24) is 9.88 Å². The second kappa shape index (κ2) is 8.48. The van der Waals surface area contributed by atoms with Gasteiger partial charge >= 0.3 is 5.97 Å². The predicted molar refractivity (Wildman–Crippen MR) is 118 cm³/mol. The number of likely N-dealkylation sites (tertiary alicyclic amines) is 1. The number of rotatable bonds is 7. The zero-order valence-electron chi connectivity index (χ0n) is 17.7. The number of amides is 1. The maximum absolute atomic E-state index is 13.4. The summed E-state index contributed by atoms with van der Waals surface area (Å²) in [6.45, 7) is 6.77. The number of benzene rings is 1. The molecule has 0 spiro atoms. The van der Waals surface area contributed by atoms with Crippen molar-refractivity contribution in [3.8, 4) is 0 Å². The Balaban J connectivity index is 1.63. The molecule has 3 heterocycles. The Hall–Kier alpha value is -2.86. The number of aryl methyl sites for hydroxylation is 1. The number of anilines is 1. The van der Waals surface area contributed by atoms with E-state index in [9.17, 15) is 9.59 Å². The fraction of sp³-hybridized carbons (Fsp3) is 0.417. The van der Waals surface area contributed by atoms with Gasteiger partial charge < -0.3 is 10.1 Å². The third-order valence-corrected chi connectivity index (χ3v) is 6.24. The first-order valence-corrected chi connectivity index (χ1v) is 10.7. The minimum absolute atomic E-state index is 0.0437. The number of aliphatic carboxylic acids is 1. The van der Waals surface area contributed by atoms with E-state index >= 15 is 0 Å². The highest BCUT2D eigenvalue weighted by molar-refractivity contribution is 6.35. The minimum atomic E-state index is -0.769. The SMILES string of the molecule is Cc1[nH]c(/C=C2\C(=O)N(CN3CCCC3)c3ccccc32)c(C)c1CCCC(=O)O. The first-order valence-electron chi connectivity index (χ1n) is 10.7. The van der Waals surface area contributed by atoms with Gasteiger partial charge in [0.05, 0.1) is 17.9 Å². The van der Waals surface area contributed by atoms with E-state index < -0.39 is 5.97 Å². The van der Waals surface area contributed by atoms with Gasteiger partial charge in [0.25, 0.3) is 5.91 Å². The number of H-pyrrole nitrogens is 1. The number of aromatic nitrogens is 1. The van der Waals surface area contributed by atoms with Crippen LogP contribution in [0.4, 0.5) is 5.69 Å². The average molecular weight is 408 g/mol. The molecule has 0 unspecified atom stereocenters. The van der Waals surface area contributed by atoms with Crippen LogP contribution in [0.15, 0.2) is 24.3 Å². The lowest BCUT2D eigenvalue weighted by atomic mass is 10.0. The highest BCUT2D eigenvalue weighted by Crippen LogP contribution is 2.38. The Bertz CT molecular complexity index is 999. The van der Waals surface area contributed by atoms with Gasteiger partial charge in [-0.25, -0.2) is 0 Å². The predicted octanol–water partition coefficient (Wildman–Crippen LogP) is 3.98. The van der Waals surface area contributed by atoms with E-state index in [2.05, 4.69) is 9.88 Å². The molecule has 6 nitrogen and oxygen atoms in total. The van der Waals surface area contributed by atoms with Crippen LogP contribution in [0.2, 0.25) is 0 Å². The normalized spacial score (nSPS) is 17.9. The molecule has 158 valence electrons. The van der Waals surface area contributed by atoms with Gasteiger partial charge in [-0.05, 0) is 75.9 Å². The van der Waals surface area contributed by atoms with Gasteiger partial charge in [0.2, 0.25) is 0 Å². The fourth-order valence-corrected chi connectivity index (χ4v) is 4.61. The lowest BCUT2D eigenvalue weighted by Crippen LogP contribution is -2.38. The molecule has 1 aromatic heterocycles. The molecule has 30 heavy (non-hydrogen) atoms. The third-order valence-electron chi connectivity index (χ3n) is 6.24. The lowest BCUT2D eigenvalue weighted by Gasteiger charge is -2.24. The molecular formula is C24H29N3O3. The molecule has 4 rings (SSSR count). The summed E-state index contributed by atoms with van der Waals surface area (Å²) >= 11 is 0. The van der Waals surface area contributed by atoms with E-state index in [1.54, 1.807) is 0 Å². The second-order valence-electron chi connectivity index (χ2n) is 8.29. The van der Waals surface area contributed by atoms with Gasteiger partial charge in [0.1, 0.15) is 0 Å². The summed E-state index contributed by atoms with van der Waals surface area (Å²) in [7, 11) is 0. The highest BCUT2D eigenvalue weighted by Gasteiger charge is 2.33. The molecule has 2 aromatic rings. The van der Waals surface area contributed by atoms with Gasteiger partial charge in [-0.2, -0.15) is 0 Å². The third kappa shape index (κ3) is 3.92. The molecule has 2 aliphatic rings. The molecule has 0 atom stereocenters. The molecule has 0 saturated carbocycles. The van der Waals surface area contributed by atoms with Crippen LogP contribution in [-0.4, -0.2) is 46.6 Å². The second-order valence-corrected chi connectivity index (χ2v) is 8.29. The molecule has 2 N–H and O–H groups in total. The number of nitrogens with one attached hydrogen (secondary N) is 1. The summed E-state index contributed by atoms with van der Waals surface area (Å²) in [5, 5.41) is 8.91. The van der Waals surface area contributed by atoms with E-state index in [4.69, 9.17) is 5.11 Å². The lowest BCUT2D eigenvalue weighted by molar-refractivity contribution is -0.137. The molecule has 1 fully saturated rings. The summed E-state index contributed by atoms with van der Waals surface area (Å²) in [5.41, 5.74) is 6.87. The summed E-state index contributed by atoms with van der Waals surface area (Å²) in [6.07, 6.45) is 5.84. The van der Waals surface area contributed by atoms with Crippen LogP contribution in [0.3, 0.4) is 0 Å². The fourth-order valence-electron chi connectivity index (χ4n) is 4.61. The first kappa shape index (κ1) is 20.4. The number of carboxylic acid groups (broad SMARTS) is 1. The summed E-state index contributed by atoms with van der Waals surface area (Å²) < 4.78 is 0. The molecule has 0 aliphatic carbocycles. The van der Waals surface area contributed by atoms with Crippen molar-refractivity contribution in [3.63, 3.8) is 0 Å². The standard InChI is InChI=1S/C24H29N3O3/c1-16-18(9-7-11-23(28)29)17(2)25-21(16)14-20-19-8-3-4-10-22(19)27(24(20)30)15-26-12-5-6-13-26/h3-4,8,10,14,25H,5-7,9,11-13,15H2,1-2H3,(H,28,29)/b20-14-. The maximum Gasteiger partial charge on any atom is 0.303 e. The minimum Gasteiger partial charge on any atom is -0.481 e. The molecule has 6 heteroatoms. The van der Waals surface area contributed by atoms with E-state index in [0.717, 1.165) is 53.3 Å². The molecular weight excluding hydrogens is 378 g/mol. The Morgan fingerprint density at radius 1 is 1.20 bits per heavy atom. The number of carbonyl (C=O) groups excluding carboxylic acids is 1. The molecule has 1 saturated heterocycles. The summed E-state index contributed by atoms with van der Waals surface area (Å²) in [6, 6.07) is 8.00. The van der Waals surface area contributed by atoms with Crippen molar-refractivity contribution in [2.24, 2.45) is 0 Å². The molecule has 1 amide bonds. The number of hydrogen-bond donors (Lipinski definition) is 2. The van der Waals surface area contributed by atoms with Crippen molar-refractivity contribution < 1.29 is 14.7 Å². The number of hydrogen-bond acceptors (Lipinski definition) is 3. The largest absolute Gasteiger partial charge is 0.481 e. The van der Waals surface area contributed by atoms with E-state index in [1.807, 2.05) is 49.1 Å². The number of carbonyl (C=O) groups is 2. The van der Waals surface area contributed by atoms with Crippen LogP contribution in [0.5, 0.6) is 0 Å². The Kier molecular flexibility index (Phi) is 5.77. The van der Waals surface area contributed by atoms with Crippen LogP contribution in [0.25, 0.3) is 11.6 Å². The van der Waals surface area contributed by atoms with Gasteiger partial charge in [0.15, 0.2) is 0 Å². The van der Waals surface area contributed by atoms with Crippen molar-refractivity contribution in [2.75, 3.05) is 24.7 Å². The Labute approximate surface area is 177 Å². The average Bonchev–Trinajstić information content (AvgIpc) is 3.39. The van der Waals surface area contributed by atoms with Gasteiger partial charge in [-0.1, -0.05) is 18.2 Å². The number of para-hydroxylation sites is 1. The zero-order valence-corrected chi connectivity index (χ0v) is 17.7. The van der Waals surface area contributed by atoms with Crippen LogP contribution >= 0.6 is 0 Å². The summed E-state index contributed by atoms with van der Waals surface area (Å²) in [5.74, 6) is -0.725. The molecule has 1 aromatic carbocycles. The molecule has 0 radical (unpaired) electrons. The first-order chi connectivity index (χ1) is 14.5. The highest BCUT2D eigenvalue weighted by atomic mass is 16.4. The smallest absolute Gasteiger partial charge is 0.303 e. The van der Waals surface area contributed by atoms with Crippen molar-refractivity contribution in [2.45, 2.75) is 46.0 Å². The summed E-state index contributed by atoms with van der Waals surface area (Å²) in [4.78, 5) is 31.8. The van der Waals surface area contributed by atoms with Gasteiger partial charge in [0, 0.05) is 23.4 Å². The number of carboxylic acids is 1. The number of aromatic amines is 1. The maximum atomic E-state index is 13.4. The van der Waals surface area contributed by atoms with Crippen molar-refractivity contribution in [3.05, 3.63) is 52.3 Å². The Morgan fingerprint density at radius 2 is 1.93 bits per heavy atom. The van der Waals surface area contributed by atoms with E-state index in [0.29, 0.717) is 18.7 Å². The number of fused-ring (bicyclic) bond motifs is 1. The van der Waals surface area contributed by atoms with Crippen molar-refractivity contribution >= 4 is 29.2 Å². The molecule has 0 bridgehead atoms. The van der Waals surface area contributed by atoms with E-state index in [-0.39, 0.29) is 12.3 Å². The topological polar surface area (TPSA) is 76.6 Å². The van der Waals surface area contributed by atoms with Crippen LogP contribution < -0.4 is 4.90 Å². The quantitative estimate of drug-likeness (QED) is 0.681. The van der Waals surface area contributed by atoms with Gasteiger partial charge in [-0.15, -0.1) is 0 Å². The number of nitrogens with zero attached hydrogens (tertiary/aromatic N) is 2. The zero-order chi connectivity index (χ0) is 21.3. The Morgan fingerprint density at radius 3 is 2.67 bits per heavy atom. The van der Waals surface area contributed by atoms with E-state index in [1.165, 1.54) is 12.8 Å². The van der Waals surface area contributed by atoms with Gasteiger partial charge in [-0.3, -0.25) is 19.4 Å². The van der Waals surface area contributed by atoms with Crippen LogP contribution in [-0.2, 0) is 16.0 Å². The van der Waals surface area contributed by atoms with Crippen LogP contribution in [0, 0.1) is 13.8 Å². The van der Waals surface area contributed by atoms with Crippen molar-refractivity contribution in [1.29, 1.82) is 0 Å².